The molecule has 132 valence electrons. The molecule has 1 aliphatic rings. The molecule has 1 aliphatic heterocycles. The first kappa shape index (κ1) is 16.9. The van der Waals surface area contributed by atoms with E-state index in [1.54, 1.807) is 27.6 Å². The molecule has 1 saturated heterocycles. The van der Waals surface area contributed by atoms with Crippen LogP contribution >= 0.6 is 22.7 Å². The van der Waals surface area contributed by atoms with Crippen LogP contribution in [0.3, 0.4) is 0 Å². The molecule has 0 unspecified atom stereocenters. The van der Waals surface area contributed by atoms with Crippen LogP contribution in [-0.2, 0) is 6.54 Å². The molecule has 0 aliphatic carbocycles. The van der Waals surface area contributed by atoms with Crippen molar-refractivity contribution in [1.29, 1.82) is 0 Å². The molecular weight excluding hydrogens is 350 g/mol. The molecule has 3 aromatic heterocycles. The van der Waals surface area contributed by atoms with Crippen molar-refractivity contribution in [2.75, 3.05) is 13.1 Å². The Morgan fingerprint density at radius 1 is 1.16 bits per heavy atom. The molecule has 4 heterocycles. The molecule has 0 saturated carbocycles. The highest BCUT2D eigenvalue weighted by atomic mass is 32.1. The zero-order valence-electron chi connectivity index (χ0n) is 14.6. The Balaban J connectivity index is 1.63. The Morgan fingerprint density at radius 3 is 2.64 bits per heavy atom. The molecule has 0 radical (unpaired) electrons. The Hall–Kier alpha value is -1.50. The number of aromatic nitrogens is 2. The lowest BCUT2D eigenvalue weighted by Crippen LogP contribution is -3.10. The maximum absolute atomic E-state index is 12.7. The van der Waals surface area contributed by atoms with E-state index >= 15 is 0 Å². The van der Waals surface area contributed by atoms with Crippen LogP contribution in [0, 0.1) is 6.92 Å². The molecule has 0 aromatic carbocycles. The second kappa shape index (κ2) is 7.40. The van der Waals surface area contributed by atoms with Crippen LogP contribution in [0.25, 0.3) is 20.7 Å². The molecule has 0 atom stereocenters. The number of aromatic amines is 1. The van der Waals surface area contributed by atoms with Gasteiger partial charge in [-0.05, 0) is 44.7 Å². The van der Waals surface area contributed by atoms with Crippen molar-refractivity contribution < 1.29 is 4.90 Å². The lowest BCUT2D eigenvalue weighted by molar-refractivity contribution is -0.915. The van der Waals surface area contributed by atoms with Crippen LogP contribution < -0.4 is 10.5 Å². The van der Waals surface area contributed by atoms with E-state index in [2.05, 4.69) is 29.4 Å². The summed E-state index contributed by atoms with van der Waals surface area (Å²) in [4.78, 5) is 25.4. The number of hydrogen-bond acceptors (Lipinski definition) is 4. The van der Waals surface area contributed by atoms with Gasteiger partial charge in [0, 0.05) is 20.7 Å². The van der Waals surface area contributed by atoms with Crippen molar-refractivity contribution in [3.8, 4) is 10.4 Å². The summed E-state index contributed by atoms with van der Waals surface area (Å²) in [5.41, 5.74) is 1.03. The van der Waals surface area contributed by atoms with E-state index in [0.717, 1.165) is 33.0 Å². The van der Waals surface area contributed by atoms with Crippen LogP contribution in [0.1, 0.15) is 42.8 Å². The predicted octanol–water partition coefficient (Wildman–Crippen LogP) is 3.37. The maximum Gasteiger partial charge on any atom is 0.260 e. The Bertz CT molecular complexity index is 916. The molecule has 0 bridgehead atoms. The summed E-state index contributed by atoms with van der Waals surface area (Å²) >= 11 is 3.31. The molecule has 6 heteroatoms. The SMILES string of the molecule is Cc1ccc(-c2csc3nc(C[NH+]4CCCCCCC4)[nH]c(=O)c23)s1. The lowest BCUT2D eigenvalue weighted by Gasteiger charge is -2.21. The summed E-state index contributed by atoms with van der Waals surface area (Å²) in [6.07, 6.45) is 6.60. The summed E-state index contributed by atoms with van der Waals surface area (Å²) in [5, 5.41) is 2.82. The van der Waals surface area contributed by atoms with Crippen molar-refractivity contribution >= 4 is 32.9 Å². The third-order valence-corrected chi connectivity index (χ3v) is 6.88. The smallest absolute Gasteiger partial charge is 0.260 e. The van der Waals surface area contributed by atoms with Crippen molar-refractivity contribution in [3.05, 3.63) is 38.6 Å². The van der Waals surface area contributed by atoms with Gasteiger partial charge < -0.3 is 9.88 Å². The largest absolute Gasteiger partial charge is 0.329 e. The van der Waals surface area contributed by atoms with Gasteiger partial charge in [-0.2, -0.15) is 0 Å². The average Bonchev–Trinajstić information content (AvgIpc) is 3.16. The van der Waals surface area contributed by atoms with E-state index in [-0.39, 0.29) is 5.56 Å². The highest BCUT2D eigenvalue weighted by molar-refractivity contribution is 7.19. The zero-order valence-corrected chi connectivity index (χ0v) is 16.2. The van der Waals surface area contributed by atoms with Gasteiger partial charge in [0.25, 0.3) is 5.56 Å². The molecule has 4 nitrogen and oxygen atoms in total. The van der Waals surface area contributed by atoms with Crippen LogP contribution in [0.2, 0.25) is 0 Å². The second-order valence-corrected chi connectivity index (χ2v) is 9.09. The average molecular weight is 375 g/mol. The Morgan fingerprint density at radius 2 is 1.92 bits per heavy atom. The van der Waals surface area contributed by atoms with Gasteiger partial charge in [0.1, 0.15) is 11.4 Å². The molecule has 4 rings (SSSR count). The van der Waals surface area contributed by atoms with Crippen LogP contribution in [0.4, 0.5) is 0 Å². The Kier molecular flexibility index (Phi) is 5.01. The topological polar surface area (TPSA) is 50.2 Å². The number of rotatable bonds is 3. The number of hydrogen-bond donors (Lipinski definition) is 2. The predicted molar refractivity (Wildman–Crippen MR) is 106 cm³/mol. The summed E-state index contributed by atoms with van der Waals surface area (Å²) in [6.45, 7) is 5.30. The van der Waals surface area contributed by atoms with Gasteiger partial charge in [-0.25, -0.2) is 4.98 Å². The highest BCUT2D eigenvalue weighted by Gasteiger charge is 2.17. The van der Waals surface area contributed by atoms with Gasteiger partial charge in [-0.1, -0.05) is 6.42 Å². The van der Waals surface area contributed by atoms with Crippen molar-refractivity contribution in [2.24, 2.45) is 0 Å². The third kappa shape index (κ3) is 3.71. The number of nitrogens with zero attached hydrogens (tertiary/aromatic N) is 1. The normalized spacial score (nSPS) is 16.8. The molecule has 25 heavy (non-hydrogen) atoms. The number of likely N-dealkylation sites (tertiary alicyclic amines) is 1. The number of H-pyrrole nitrogens is 1. The lowest BCUT2D eigenvalue weighted by atomic mass is 10.1. The minimum absolute atomic E-state index is 0.00810. The van der Waals surface area contributed by atoms with E-state index in [0.29, 0.717) is 0 Å². The quantitative estimate of drug-likeness (QED) is 0.738. The molecule has 1 fully saturated rings. The van der Waals surface area contributed by atoms with E-state index in [1.165, 1.54) is 50.1 Å². The van der Waals surface area contributed by atoms with E-state index in [1.807, 2.05) is 0 Å². The second-order valence-electron chi connectivity index (χ2n) is 6.95. The molecule has 0 spiro atoms. The molecule has 0 amide bonds. The number of fused-ring (bicyclic) bond motifs is 1. The summed E-state index contributed by atoms with van der Waals surface area (Å²) < 4.78 is 0. The van der Waals surface area contributed by atoms with Crippen LogP contribution in [0.5, 0.6) is 0 Å². The fraction of sp³-hybridized carbons (Fsp3) is 0.474. The van der Waals surface area contributed by atoms with Crippen LogP contribution in [0.15, 0.2) is 22.3 Å². The van der Waals surface area contributed by atoms with Gasteiger partial charge in [-0.3, -0.25) is 4.79 Å². The summed E-state index contributed by atoms with van der Waals surface area (Å²) in [6, 6.07) is 4.20. The minimum Gasteiger partial charge on any atom is -0.329 e. The highest BCUT2D eigenvalue weighted by Crippen LogP contribution is 2.34. The molecule has 2 N–H and O–H groups in total. The minimum atomic E-state index is 0.00810. The fourth-order valence-corrected chi connectivity index (χ4v) is 5.58. The monoisotopic (exact) mass is 374 g/mol. The van der Waals surface area contributed by atoms with Gasteiger partial charge in [-0.15, -0.1) is 22.7 Å². The third-order valence-electron chi connectivity index (χ3n) is 4.98. The molecular formula is C19H24N3OS2+. The van der Waals surface area contributed by atoms with E-state index < -0.39 is 0 Å². The zero-order chi connectivity index (χ0) is 17.2. The Labute approximate surface area is 155 Å². The van der Waals surface area contributed by atoms with Crippen LogP contribution in [-0.4, -0.2) is 23.1 Å². The number of quaternary nitrogens is 1. The first-order valence-corrected chi connectivity index (χ1v) is 10.8. The standard InChI is InChI=1S/C19H23N3OS2/c1-13-7-8-15(25-13)14-12-24-19-17(14)18(23)20-16(21-19)11-22-9-5-3-2-4-6-10-22/h7-8,12H,2-6,9-11H2,1H3,(H,20,21,23)/p+1. The number of nitrogens with one attached hydrogen (secondary N) is 2. The van der Waals surface area contributed by atoms with Crippen molar-refractivity contribution in [2.45, 2.75) is 45.6 Å². The van der Waals surface area contributed by atoms with Crippen molar-refractivity contribution in [3.63, 3.8) is 0 Å². The van der Waals surface area contributed by atoms with Crippen molar-refractivity contribution in [1.82, 2.24) is 9.97 Å². The first-order chi connectivity index (χ1) is 12.2. The number of aryl methyl sites for hydroxylation is 1. The maximum atomic E-state index is 12.7. The fourth-order valence-electron chi connectivity index (χ4n) is 3.66. The first-order valence-electron chi connectivity index (χ1n) is 9.11. The number of thiophene rings is 2. The van der Waals surface area contributed by atoms with E-state index in [4.69, 9.17) is 4.98 Å². The van der Waals surface area contributed by atoms with Gasteiger partial charge >= 0.3 is 0 Å². The van der Waals surface area contributed by atoms with Gasteiger partial charge in [0.15, 0.2) is 5.82 Å². The summed E-state index contributed by atoms with van der Waals surface area (Å²) in [7, 11) is 0. The summed E-state index contributed by atoms with van der Waals surface area (Å²) in [5.74, 6) is 0.837. The van der Waals surface area contributed by atoms with E-state index in [9.17, 15) is 4.79 Å². The molecule has 3 aromatic rings. The van der Waals surface area contributed by atoms with Gasteiger partial charge in [0.2, 0.25) is 0 Å². The van der Waals surface area contributed by atoms with Gasteiger partial charge in [0.05, 0.1) is 18.5 Å².